The first kappa shape index (κ1) is 16.9. The molecule has 3 aliphatic heterocycles. The van der Waals surface area contributed by atoms with Gasteiger partial charge in [-0.2, -0.15) is 11.8 Å². The van der Waals surface area contributed by atoms with Crippen LogP contribution in [0.5, 0.6) is 0 Å². The number of thioether (sulfide) groups is 1. The normalized spacial score (nSPS) is 22.8. The van der Waals surface area contributed by atoms with Gasteiger partial charge in [0, 0.05) is 49.9 Å². The second-order valence-electron chi connectivity index (χ2n) is 7.06. The van der Waals surface area contributed by atoms with Gasteiger partial charge in [0.2, 0.25) is 5.91 Å². The Labute approximate surface area is 152 Å². The maximum Gasteiger partial charge on any atom is 0.254 e. The van der Waals surface area contributed by atoms with Gasteiger partial charge in [0.1, 0.15) is 0 Å². The van der Waals surface area contributed by atoms with Gasteiger partial charge in [0.15, 0.2) is 0 Å². The van der Waals surface area contributed by atoms with Crippen molar-refractivity contribution < 1.29 is 14.3 Å². The number of nitrogens with zero attached hydrogens (tertiary/aromatic N) is 2. The van der Waals surface area contributed by atoms with Crippen molar-refractivity contribution in [3.8, 4) is 0 Å². The predicted molar refractivity (Wildman–Crippen MR) is 97.6 cm³/mol. The Hall–Kier alpha value is -1.53. The first-order valence-electron chi connectivity index (χ1n) is 9.03. The highest BCUT2D eigenvalue weighted by Crippen LogP contribution is 2.38. The zero-order valence-corrected chi connectivity index (χ0v) is 15.2. The number of amides is 2. The molecule has 0 aliphatic carbocycles. The van der Waals surface area contributed by atoms with E-state index in [9.17, 15) is 9.59 Å². The average molecular weight is 360 g/mol. The van der Waals surface area contributed by atoms with Crippen molar-refractivity contribution in [1.82, 2.24) is 9.80 Å². The molecular formula is C19H24N2O3S. The summed E-state index contributed by atoms with van der Waals surface area (Å²) in [7, 11) is 0. The number of carbonyl (C=O) groups excluding carboxylic acids is 2. The lowest BCUT2D eigenvalue weighted by Crippen LogP contribution is -2.55. The van der Waals surface area contributed by atoms with Crippen LogP contribution in [-0.4, -0.2) is 65.0 Å². The molecule has 1 aromatic carbocycles. The number of ether oxygens (including phenoxy) is 1. The maximum absolute atomic E-state index is 13.0. The van der Waals surface area contributed by atoms with Crippen molar-refractivity contribution >= 4 is 23.6 Å². The van der Waals surface area contributed by atoms with Crippen molar-refractivity contribution in [3.63, 3.8) is 0 Å². The first-order valence-corrected chi connectivity index (χ1v) is 10.2. The number of benzene rings is 1. The summed E-state index contributed by atoms with van der Waals surface area (Å²) in [6.07, 6.45) is 1.89. The lowest BCUT2D eigenvalue weighted by molar-refractivity contribution is -0.135. The van der Waals surface area contributed by atoms with Crippen molar-refractivity contribution in [3.05, 3.63) is 35.4 Å². The van der Waals surface area contributed by atoms with E-state index in [0.717, 1.165) is 48.6 Å². The fourth-order valence-electron chi connectivity index (χ4n) is 4.14. The van der Waals surface area contributed by atoms with Crippen LogP contribution in [0.3, 0.4) is 0 Å². The molecule has 3 heterocycles. The fourth-order valence-corrected chi connectivity index (χ4v) is 5.04. The van der Waals surface area contributed by atoms with Gasteiger partial charge in [-0.15, -0.1) is 0 Å². The zero-order chi connectivity index (χ0) is 17.3. The number of hydrogen-bond donors (Lipinski definition) is 0. The molecule has 0 atom stereocenters. The van der Waals surface area contributed by atoms with Crippen LogP contribution in [0.15, 0.2) is 24.3 Å². The van der Waals surface area contributed by atoms with Crippen LogP contribution in [0.2, 0.25) is 0 Å². The monoisotopic (exact) mass is 360 g/mol. The predicted octanol–water partition coefficient (Wildman–Crippen LogP) is 2.16. The summed E-state index contributed by atoms with van der Waals surface area (Å²) < 4.78 is 5.56. The highest BCUT2D eigenvalue weighted by molar-refractivity contribution is 7.99. The minimum absolute atomic E-state index is 0.0690. The number of fused-ring (bicyclic) bond motifs is 1. The summed E-state index contributed by atoms with van der Waals surface area (Å²) in [6, 6.07) is 7.80. The van der Waals surface area contributed by atoms with Gasteiger partial charge in [0.05, 0.1) is 12.0 Å². The van der Waals surface area contributed by atoms with Crippen LogP contribution < -0.4 is 0 Å². The first-order chi connectivity index (χ1) is 12.2. The van der Waals surface area contributed by atoms with Gasteiger partial charge >= 0.3 is 0 Å². The van der Waals surface area contributed by atoms with Crippen LogP contribution in [0.4, 0.5) is 0 Å². The molecular weight excluding hydrogens is 336 g/mol. The second kappa shape index (κ2) is 7.00. The quantitative estimate of drug-likeness (QED) is 0.829. The Kier molecular flexibility index (Phi) is 4.73. The van der Waals surface area contributed by atoms with E-state index in [4.69, 9.17) is 4.74 Å². The topological polar surface area (TPSA) is 49.9 Å². The van der Waals surface area contributed by atoms with Crippen molar-refractivity contribution in [2.45, 2.75) is 31.3 Å². The molecule has 5 nitrogen and oxygen atoms in total. The molecule has 0 unspecified atom stereocenters. The minimum Gasteiger partial charge on any atom is -0.381 e. The molecule has 4 rings (SSSR count). The maximum atomic E-state index is 13.0. The van der Waals surface area contributed by atoms with E-state index in [1.54, 1.807) is 0 Å². The van der Waals surface area contributed by atoms with Gasteiger partial charge < -0.3 is 14.5 Å². The van der Waals surface area contributed by atoms with E-state index in [0.29, 0.717) is 26.2 Å². The molecule has 0 aromatic heterocycles. The molecule has 0 bridgehead atoms. The van der Waals surface area contributed by atoms with Crippen LogP contribution in [0, 0.1) is 0 Å². The lowest BCUT2D eigenvalue weighted by Gasteiger charge is -2.45. The molecule has 1 aromatic rings. The van der Waals surface area contributed by atoms with E-state index >= 15 is 0 Å². The average Bonchev–Trinajstić information content (AvgIpc) is 3.01. The smallest absolute Gasteiger partial charge is 0.254 e. The molecule has 0 spiro atoms. The highest BCUT2D eigenvalue weighted by atomic mass is 32.2. The van der Waals surface area contributed by atoms with E-state index in [2.05, 4.69) is 0 Å². The van der Waals surface area contributed by atoms with E-state index in [-0.39, 0.29) is 11.8 Å². The summed E-state index contributed by atoms with van der Waals surface area (Å²) in [5, 5.41) is 0. The summed E-state index contributed by atoms with van der Waals surface area (Å²) in [5.74, 6) is 2.27. The Bertz CT molecular complexity index is 666. The summed E-state index contributed by atoms with van der Waals surface area (Å²) in [6.45, 7) is 3.49. The summed E-state index contributed by atoms with van der Waals surface area (Å²) in [4.78, 5) is 29.9. The third-order valence-electron chi connectivity index (χ3n) is 5.66. The highest BCUT2D eigenvalue weighted by Gasteiger charge is 2.46. The molecule has 2 amide bonds. The van der Waals surface area contributed by atoms with Crippen molar-refractivity contribution in [2.24, 2.45) is 0 Å². The molecule has 3 aliphatic rings. The van der Waals surface area contributed by atoms with Crippen LogP contribution in [0.25, 0.3) is 0 Å². The zero-order valence-electron chi connectivity index (χ0n) is 14.4. The van der Waals surface area contributed by atoms with E-state index in [1.165, 1.54) is 0 Å². The molecule has 25 heavy (non-hydrogen) atoms. The third-order valence-corrected chi connectivity index (χ3v) is 6.60. The van der Waals surface area contributed by atoms with Gasteiger partial charge in [-0.25, -0.2) is 0 Å². The largest absolute Gasteiger partial charge is 0.381 e. The number of hydrogen-bond acceptors (Lipinski definition) is 4. The van der Waals surface area contributed by atoms with E-state index in [1.807, 2.05) is 45.8 Å². The molecule has 0 N–H and O–H groups in total. The standard InChI is InChI=1S/C19H24N2O3S/c22-17(20-7-11-25-12-8-20)13-19(5-9-24-10-6-19)21-14-15-3-1-2-4-16(15)18(21)23/h1-4H,5-14H2. The van der Waals surface area contributed by atoms with Gasteiger partial charge in [-0.05, 0) is 24.5 Å². The number of rotatable bonds is 3. The molecule has 134 valence electrons. The van der Waals surface area contributed by atoms with E-state index < -0.39 is 5.54 Å². The summed E-state index contributed by atoms with van der Waals surface area (Å²) in [5.41, 5.74) is 1.45. The van der Waals surface area contributed by atoms with Gasteiger partial charge in [-0.3, -0.25) is 9.59 Å². The molecule has 0 radical (unpaired) electrons. The van der Waals surface area contributed by atoms with Crippen LogP contribution >= 0.6 is 11.8 Å². The fraction of sp³-hybridized carbons (Fsp3) is 0.579. The Morgan fingerprint density at radius 3 is 2.60 bits per heavy atom. The Morgan fingerprint density at radius 1 is 1.16 bits per heavy atom. The number of carbonyl (C=O) groups is 2. The van der Waals surface area contributed by atoms with Gasteiger partial charge in [0.25, 0.3) is 5.91 Å². The molecule has 6 heteroatoms. The Balaban J connectivity index is 1.57. The molecule has 2 saturated heterocycles. The molecule has 2 fully saturated rings. The third kappa shape index (κ3) is 3.17. The lowest BCUT2D eigenvalue weighted by atomic mass is 9.84. The van der Waals surface area contributed by atoms with Crippen LogP contribution in [-0.2, 0) is 16.1 Å². The van der Waals surface area contributed by atoms with Crippen LogP contribution in [0.1, 0.15) is 35.2 Å². The molecule has 0 saturated carbocycles. The van der Waals surface area contributed by atoms with Crippen molar-refractivity contribution in [2.75, 3.05) is 37.8 Å². The Morgan fingerprint density at radius 2 is 1.88 bits per heavy atom. The minimum atomic E-state index is -0.407. The van der Waals surface area contributed by atoms with Crippen molar-refractivity contribution in [1.29, 1.82) is 0 Å². The SMILES string of the molecule is O=C(CC1(N2Cc3ccccc3C2=O)CCOCC1)N1CCSCC1. The van der Waals surface area contributed by atoms with Gasteiger partial charge in [-0.1, -0.05) is 18.2 Å². The summed E-state index contributed by atoms with van der Waals surface area (Å²) >= 11 is 1.90. The second-order valence-corrected chi connectivity index (χ2v) is 8.28.